The van der Waals surface area contributed by atoms with Crippen molar-refractivity contribution in [3.8, 4) is 5.88 Å². The summed E-state index contributed by atoms with van der Waals surface area (Å²) in [5.41, 5.74) is -1.58. The second-order valence-electron chi connectivity index (χ2n) is 5.72. The Morgan fingerprint density at radius 3 is 2.29 bits per heavy atom. The summed E-state index contributed by atoms with van der Waals surface area (Å²) >= 11 is 0. The number of urea groups is 1. The van der Waals surface area contributed by atoms with Crippen molar-refractivity contribution >= 4 is 17.7 Å². The van der Waals surface area contributed by atoms with E-state index in [1.807, 2.05) is 0 Å². The van der Waals surface area contributed by atoms with Crippen molar-refractivity contribution < 1.29 is 19.4 Å². The number of carbonyl (C=O) groups is 2. The third-order valence-electron chi connectivity index (χ3n) is 3.73. The first kappa shape index (κ1) is 16.7. The molecular weight excluding hydrogens is 274 g/mol. The molecule has 2 amide bonds. The number of nitrogens with one attached hydrogen (secondary N) is 2. The molecule has 0 bridgehead atoms. The van der Waals surface area contributed by atoms with Crippen LogP contribution in [0.3, 0.4) is 0 Å². The first-order valence-corrected chi connectivity index (χ1v) is 6.43. The number of aliphatic carboxylic acids is 1. The van der Waals surface area contributed by atoms with E-state index in [4.69, 9.17) is 4.74 Å². The van der Waals surface area contributed by atoms with Crippen molar-refractivity contribution in [2.24, 2.45) is 5.41 Å². The quantitative estimate of drug-likeness (QED) is 0.772. The van der Waals surface area contributed by atoms with Crippen LogP contribution in [0.2, 0.25) is 0 Å². The van der Waals surface area contributed by atoms with E-state index in [1.54, 1.807) is 39.8 Å². The number of nitrogens with zero attached hydrogens (tertiary/aromatic N) is 1. The van der Waals surface area contributed by atoms with E-state index in [9.17, 15) is 14.7 Å². The van der Waals surface area contributed by atoms with Crippen LogP contribution in [0.25, 0.3) is 0 Å². The van der Waals surface area contributed by atoms with Crippen LogP contribution in [0.1, 0.15) is 27.7 Å². The Morgan fingerprint density at radius 1 is 1.24 bits per heavy atom. The molecule has 0 saturated carbocycles. The SMILES string of the molecule is COc1ccc(NC(=O)NC(C)(C)C(C)(C)C(=O)O)cn1. The van der Waals surface area contributed by atoms with Gasteiger partial charge in [-0.15, -0.1) is 0 Å². The molecule has 1 aromatic rings. The molecule has 0 aliphatic heterocycles. The Kier molecular flexibility index (Phi) is 4.77. The van der Waals surface area contributed by atoms with Gasteiger partial charge in [-0.05, 0) is 33.8 Å². The summed E-state index contributed by atoms with van der Waals surface area (Å²) in [4.78, 5) is 27.2. The van der Waals surface area contributed by atoms with Crippen LogP contribution < -0.4 is 15.4 Å². The summed E-state index contributed by atoms with van der Waals surface area (Å²) < 4.78 is 4.92. The molecule has 0 unspecified atom stereocenters. The zero-order valence-corrected chi connectivity index (χ0v) is 12.9. The molecule has 1 aromatic heterocycles. The Balaban J connectivity index is 2.74. The average molecular weight is 295 g/mol. The lowest BCUT2D eigenvalue weighted by atomic mass is 9.74. The highest BCUT2D eigenvalue weighted by Crippen LogP contribution is 2.30. The monoisotopic (exact) mass is 295 g/mol. The molecule has 116 valence electrons. The van der Waals surface area contributed by atoms with E-state index in [0.29, 0.717) is 11.6 Å². The smallest absolute Gasteiger partial charge is 0.319 e. The van der Waals surface area contributed by atoms with E-state index >= 15 is 0 Å². The topological polar surface area (TPSA) is 101 Å². The number of carbonyl (C=O) groups excluding carboxylic acids is 1. The second-order valence-corrected chi connectivity index (χ2v) is 5.72. The van der Waals surface area contributed by atoms with Crippen LogP contribution in [-0.2, 0) is 4.79 Å². The Bertz CT molecular complexity index is 524. The standard InChI is InChI=1S/C14H21N3O4/c1-13(2,11(18)19)14(3,4)17-12(20)16-9-6-7-10(21-5)15-8-9/h6-8H,1-5H3,(H,18,19)(H2,16,17,20). The maximum atomic E-state index is 12.0. The lowest BCUT2D eigenvalue weighted by molar-refractivity contribution is -0.150. The van der Waals surface area contributed by atoms with Crippen molar-refractivity contribution in [2.45, 2.75) is 33.2 Å². The van der Waals surface area contributed by atoms with Crippen LogP contribution in [0.5, 0.6) is 5.88 Å². The van der Waals surface area contributed by atoms with E-state index in [0.717, 1.165) is 0 Å². The largest absolute Gasteiger partial charge is 0.481 e. The number of carboxylic acids is 1. The fourth-order valence-electron chi connectivity index (χ4n) is 1.44. The summed E-state index contributed by atoms with van der Waals surface area (Å²) in [5.74, 6) is -0.549. The molecule has 0 aromatic carbocycles. The molecule has 0 spiro atoms. The summed E-state index contributed by atoms with van der Waals surface area (Å²) in [5, 5.41) is 14.5. The zero-order chi connectivity index (χ0) is 16.3. The summed E-state index contributed by atoms with van der Waals surface area (Å²) in [7, 11) is 1.50. The van der Waals surface area contributed by atoms with Crippen molar-refractivity contribution in [3.63, 3.8) is 0 Å². The minimum absolute atomic E-state index is 0.438. The fraction of sp³-hybridized carbons (Fsp3) is 0.500. The van der Waals surface area contributed by atoms with Crippen LogP contribution in [0.4, 0.5) is 10.5 Å². The van der Waals surface area contributed by atoms with Crippen LogP contribution in [-0.4, -0.2) is 34.7 Å². The molecular formula is C14H21N3O4. The number of hydrogen-bond acceptors (Lipinski definition) is 4. The Hall–Kier alpha value is -2.31. The van der Waals surface area contributed by atoms with E-state index in [-0.39, 0.29) is 0 Å². The van der Waals surface area contributed by atoms with Gasteiger partial charge in [0.2, 0.25) is 5.88 Å². The van der Waals surface area contributed by atoms with Gasteiger partial charge >= 0.3 is 12.0 Å². The first-order chi connectivity index (χ1) is 9.60. The molecule has 0 atom stereocenters. The van der Waals surface area contributed by atoms with Gasteiger partial charge in [0.1, 0.15) is 0 Å². The Morgan fingerprint density at radius 2 is 1.86 bits per heavy atom. The number of amides is 2. The predicted octanol–water partition coefficient (Wildman–Crippen LogP) is 2.10. The summed E-state index contributed by atoms with van der Waals surface area (Å²) in [6.07, 6.45) is 1.45. The number of rotatable bonds is 5. The van der Waals surface area contributed by atoms with E-state index in [2.05, 4.69) is 15.6 Å². The van der Waals surface area contributed by atoms with Gasteiger partial charge in [0, 0.05) is 6.07 Å². The van der Waals surface area contributed by atoms with Gasteiger partial charge in [-0.3, -0.25) is 4.79 Å². The molecule has 21 heavy (non-hydrogen) atoms. The summed E-state index contributed by atoms with van der Waals surface area (Å²) in [6.45, 7) is 6.44. The predicted molar refractivity (Wildman–Crippen MR) is 78.4 cm³/mol. The van der Waals surface area contributed by atoms with Crippen LogP contribution in [0.15, 0.2) is 18.3 Å². The van der Waals surface area contributed by atoms with Gasteiger partial charge in [0.25, 0.3) is 0 Å². The molecule has 7 heteroatoms. The number of anilines is 1. The second kappa shape index (κ2) is 5.99. The molecule has 0 radical (unpaired) electrons. The maximum Gasteiger partial charge on any atom is 0.319 e. The lowest BCUT2D eigenvalue weighted by Gasteiger charge is -2.38. The highest BCUT2D eigenvalue weighted by molar-refractivity contribution is 5.90. The van der Waals surface area contributed by atoms with Gasteiger partial charge in [-0.2, -0.15) is 0 Å². The third kappa shape index (κ3) is 3.84. The number of aromatic nitrogens is 1. The Labute approximate surface area is 123 Å². The van der Waals surface area contributed by atoms with Gasteiger partial charge in [0.05, 0.1) is 29.9 Å². The minimum Gasteiger partial charge on any atom is -0.481 e. The molecule has 7 nitrogen and oxygen atoms in total. The fourth-order valence-corrected chi connectivity index (χ4v) is 1.44. The number of pyridine rings is 1. The minimum atomic E-state index is -1.12. The van der Waals surface area contributed by atoms with E-state index < -0.39 is 23.0 Å². The molecule has 0 fully saturated rings. The number of hydrogen-bond donors (Lipinski definition) is 3. The molecule has 0 aliphatic rings. The first-order valence-electron chi connectivity index (χ1n) is 6.43. The van der Waals surface area contributed by atoms with Crippen molar-refractivity contribution in [2.75, 3.05) is 12.4 Å². The van der Waals surface area contributed by atoms with Crippen molar-refractivity contribution in [3.05, 3.63) is 18.3 Å². The van der Waals surface area contributed by atoms with Crippen LogP contribution in [0, 0.1) is 5.41 Å². The van der Waals surface area contributed by atoms with Gasteiger partial charge < -0.3 is 20.5 Å². The summed E-state index contributed by atoms with van der Waals surface area (Å²) in [6, 6.07) is 2.75. The van der Waals surface area contributed by atoms with Gasteiger partial charge in [-0.25, -0.2) is 9.78 Å². The molecule has 0 saturated heterocycles. The van der Waals surface area contributed by atoms with Crippen molar-refractivity contribution in [1.29, 1.82) is 0 Å². The normalized spacial score (nSPS) is 11.7. The molecule has 1 rings (SSSR count). The third-order valence-corrected chi connectivity index (χ3v) is 3.73. The highest BCUT2D eigenvalue weighted by atomic mass is 16.5. The van der Waals surface area contributed by atoms with E-state index in [1.165, 1.54) is 13.3 Å². The maximum absolute atomic E-state index is 12.0. The van der Waals surface area contributed by atoms with Gasteiger partial charge in [-0.1, -0.05) is 0 Å². The number of ether oxygens (including phenoxy) is 1. The molecule has 1 heterocycles. The van der Waals surface area contributed by atoms with Crippen LogP contribution >= 0.6 is 0 Å². The molecule has 0 aliphatic carbocycles. The number of carboxylic acid groups (broad SMARTS) is 1. The van der Waals surface area contributed by atoms with Crippen molar-refractivity contribution in [1.82, 2.24) is 10.3 Å². The zero-order valence-electron chi connectivity index (χ0n) is 12.9. The average Bonchev–Trinajstić information content (AvgIpc) is 2.38. The number of methoxy groups -OCH3 is 1. The molecule has 3 N–H and O–H groups in total. The highest BCUT2D eigenvalue weighted by Gasteiger charge is 2.44. The van der Waals surface area contributed by atoms with Gasteiger partial charge in [0.15, 0.2) is 0 Å². The lowest BCUT2D eigenvalue weighted by Crippen LogP contribution is -2.57.